The number of aromatic carboxylic acids is 1. The van der Waals surface area contributed by atoms with Gasteiger partial charge in [0.25, 0.3) is 0 Å². The predicted octanol–water partition coefficient (Wildman–Crippen LogP) is 1.34. The molecule has 3 heterocycles. The van der Waals surface area contributed by atoms with Crippen LogP contribution in [0.25, 0.3) is 11.0 Å². The van der Waals surface area contributed by atoms with Crippen LogP contribution in [-0.2, 0) is 0 Å². The number of aromatic nitrogens is 2. The maximum Gasteiger partial charge on any atom is 0.339 e. The normalized spacial score (nSPS) is 19.9. The number of nitrogens with zero attached hydrogens (tertiary/aromatic N) is 2. The van der Waals surface area contributed by atoms with Crippen LogP contribution in [0.2, 0.25) is 0 Å². The van der Waals surface area contributed by atoms with Gasteiger partial charge >= 0.3 is 5.97 Å². The minimum absolute atomic E-state index is 0.127. The Morgan fingerprint density at radius 2 is 2.42 bits per heavy atom. The van der Waals surface area contributed by atoms with Crippen LogP contribution in [0, 0.1) is 0 Å². The summed E-state index contributed by atoms with van der Waals surface area (Å²) in [6, 6.07) is 3.56. The quantitative estimate of drug-likeness (QED) is 0.871. The number of H-pyrrole nitrogens is 1. The Balaban J connectivity index is 1.88. The summed E-state index contributed by atoms with van der Waals surface area (Å²) in [5.41, 5.74) is 1.31. The maximum atomic E-state index is 11.1. The second kappa shape index (κ2) is 4.55. The first-order valence-electron chi connectivity index (χ1n) is 6.20. The van der Waals surface area contributed by atoms with E-state index in [-0.39, 0.29) is 11.7 Å². The number of likely N-dealkylation sites (tertiary alicyclic amines) is 1. The van der Waals surface area contributed by atoms with Gasteiger partial charge in [0.1, 0.15) is 17.2 Å². The van der Waals surface area contributed by atoms with E-state index in [2.05, 4.69) is 21.9 Å². The predicted molar refractivity (Wildman–Crippen MR) is 69.6 cm³/mol. The molecule has 0 amide bonds. The molecule has 0 aliphatic carbocycles. The minimum Gasteiger partial charge on any atom is -0.478 e. The van der Waals surface area contributed by atoms with E-state index in [1.165, 1.54) is 6.20 Å². The number of carboxylic acids is 1. The monoisotopic (exact) mass is 261 g/mol. The number of likely N-dealkylation sites (N-methyl/N-ethyl adjacent to an activating group) is 1. The molecule has 1 fully saturated rings. The lowest BCUT2D eigenvalue weighted by Gasteiger charge is -2.12. The van der Waals surface area contributed by atoms with E-state index in [0.29, 0.717) is 16.9 Å². The van der Waals surface area contributed by atoms with Crippen LogP contribution < -0.4 is 4.74 Å². The molecule has 0 spiro atoms. The molecule has 0 aromatic carbocycles. The lowest BCUT2D eigenvalue weighted by atomic mass is 10.2. The molecule has 19 heavy (non-hydrogen) atoms. The van der Waals surface area contributed by atoms with Crippen molar-refractivity contribution in [1.82, 2.24) is 14.9 Å². The van der Waals surface area contributed by atoms with Crippen molar-refractivity contribution in [1.29, 1.82) is 0 Å². The van der Waals surface area contributed by atoms with Crippen LogP contribution in [0.4, 0.5) is 0 Å². The zero-order valence-corrected chi connectivity index (χ0v) is 10.6. The Hall–Kier alpha value is -2.08. The minimum atomic E-state index is -0.989. The fourth-order valence-electron chi connectivity index (χ4n) is 2.37. The molecule has 1 aliphatic rings. The van der Waals surface area contributed by atoms with Crippen LogP contribution in [0.5, 0.6) is 5.88 Å². The third-order valence-corrected chi connectivity index (χ3v) is 3.36. The lowest BCUT2D eigenvalue weighted by molar-refractivity contribution is 0.0699. The van der Waals surface area contributed by atoms with Crippen LogP contribution in [0.3, 0.4) is 0 Å². The molecule has 1 unspecified atom stereocenters. The highest BCUT2D eigenvalue weighted by Crippen LogP contribution is 2.22. The molecule has 3 rings (SSSR count). The number of nitrogens with one attached hydrogen (secondary N) is 1. The Kier molecular flexibility index (Phi) is 2.87. The number of aromatic amines is 1. The van der Waals surface area contributed by atoms with Crippen LogP contribution >= 0.6 is 0 Å². The molecule has 100 valence electrons. The van der Waals surface area contributed by atoms with Gasteiger partial charge in [-0.2, -0.15) is 0 Å². The third-order valence-electron chi connectivity index (χ3n) is 3.36. The number of pyridine rings is 1. The molecule has 2 aromatic rings. The van der Waals surface area contributed by atoms with Gasteiger partial charge in [-0.1, -0.05) is 0 Å². The molecule has 6 nitrogen and oxygen atoms in total. The largest absolute Gasteiger partial charge is 0.478 e. The highest BCUT2D eigenvalue weighted by molar-refractivity contribution is 6.01. The Bertz CT molecular complexity index is 623. The molecule has 2 N–H and O–H groups in total. The van der Waals surface area contributed by atoms with Crippen molar-refractivity contribution in [3.05, 3.63) is 23.9 Å². The van der Waals surface area contributed by atoms with E-state index < -0.39 is 5.97 Å². The summed E-state index contributed by atoms with van der Waals surface area (Å²) >= 11 is 0. The first-order valence-corrected chi connectivity index (χ1v) is 6.20. The topological polar surface area (TPSA) is 78.5 Å². The van der Waals surface area contributed by atoms with Gasteiger partial charge in [0, 0.05) is 25.4 Å². The number of hydrogen-bond donors (Lipinski definition) is 2. The first-order chi connectivity index (χ1) is 9.13. The summed E-state index contributed by atoms with van der Waals surface area (Å²) < 4.78 is 5.80. The fraction of sp³-hybridized carbons (Fsp3) is 0.385. The Labute approximate surface area is 110 Å². The van der Waals surface area contributed by atoms with Crippen LogP contribution in [-0.4, -0.2) is 52.2 Å². The van der Waals surface area contributed by atoms with Crippen molar-refractivity contribution >= 4 is 17.0 Å². The van der Waals surface area contributed by atoms with Gasteiger partial charge < -0.3 is 19.7 Å². The van der Waals surface area contributed by atoms with Gasteiger partial charge in [-0.25, -0.2) is 9.78 Å². The molecule has 0 radical (unpaired) electrons. The van der Waals surface area contributed by atoms with Gasteiger partial charge in [-0.15, -0.1) is 0 Å². The van der Waals surface area contributed by atoms with Gasteiger partial charge in [-0.3, -0.25) is 0 Å². The molecule has 1 atom stereocenters. The van der Waals surface area contributed by atoms with Gasteiger partial charge in [0.15, 0.2) is 0 Å². The van der Waals surface area contributed by atoms with Crippen molar-refractivity contribution < 1.29 is 14.6 Å². The molecule has 0 saturated carbocycles. The Morgan fingerprint density at radius 3 is 3.11 bits per heavy atom. The highest BCUT2D eigenvalue weighted by Gasteiger charge is 2.22. The molecule has 2 aromatic heterocycles. The number of fused-ring (bicyclic) bond motifs is 1. The Morgan fingerprint density at radius 1 is 1.58 bits per heavy atom. The van der Waals surface area contributed by atoms with E-state index in [1.807, 2.05) is 0 Å². The molecular weight excluding hydrogens is 246 g/mol. The third kappa shape index (κ3) is 2.26. The van der Waals surface area contributed by atoms with Crippen molar-refractivity contribution in [2.45, 2.75) is 12.5 Å². The zero-order chi connectivity index (χ0) is 13.4. The van der Waals surface area contributed by atoms with Crippen LogP contribution in [0.1, 0.15) is 16.8 Å². The SMILES string of the molecule is CN1CCC(Oc2ccc3[nH]cc(C(=O)O)c3n2)C1. The first kappa shape index (κ1) is 12.0. The van der Waals surface area contributed by atoms with Crippen molar-refractivity contribution in [3.8, 4) is 5.88 Å². The standard InChI is InChI=1S/C13H15N3O3/c1-16-5-4-8(7-16)19-11-3-2-10-12(15-11)9(6-14-10)13(17)18/h2-3,6,8,14H,4-5,7H2,1H3,(H,17,18). The average Bonchev–Trinajstić information content (AvgIpc) is 2.95. The molecule has 1 saturated heterocycles. The van der Waals surface area contributed by atoms with Gasteiger partial charge in [0.2, 0.25) is 5.88 Å². The van der Waals surface area contributed by atoms with E-state index in [1.54, 1.807) is 12.1 Å². The van der Waals surface area contributed by atoms with Crippen LogP contribution in [0.15, 0.2) is 18.3 Å². The second-order valence-electron chi connectivity index (χ2n) is 4.84. The molecule has 0 bridgehead atoms. The summed E-state index contributed by atoms with van der Waals surface area (Å²) in [7, 11) is 2.05. The smallest absolute Gasteiger partial charge is 0.339 e. The van der Waals surface area contributed by atoms with Gasteiger partial charge in [0.05, 0.1) is 5.52 Å². The van der Waals surface area contributed by atoms with Crippen molar-refractivity contribution in [2.24, 2.45) is 0 Å². The summed E-state index contributed by atoms with van der Waals surface area (Å²) in [6.45, 7) is 1.89. The lowest BCUT2D eigenvalue weighted by Crippen LogP contribution is -2.21. The number of carboxylic acid groups (broad SMARTS) is 1. The van der Waals surface area contributed by atoms with E-state index in [4.69, 9.17) is 9.84 Å². The zero-order valence-electron chi connectivity index (χ0n) is 10.6. The number of carbonyl (C=O) groups is 1. The van der Waals surface area contributed by atoms with Crippen molar-refractivity contribution in [3.63, 3.8) is 0 Å². The van der Waals surface area contributed by atoms with E-state index >= 15 is 0 Å². The summed E-state index contributed by atoms with van der Waals surface area (Å²) in [4.78, 5) is 20.4. The number of hydrogen-bond acceptors (Lipinski definition) is 4. The van der Waals surface area contributed by atoms with E-state index in [9.17, 15) is 4.79 Å². The van der Waals surface area contributed by atoms with E-state index in [0.717, 1.165) is 19.5 Å². The van der Waals surface area contributed by atoms with Gasteiger partial charge in [-0.05, 0) is 19.5 Å². The summed E-state index contributed by atoms with van der Waals surface area (Å²) in [6.07, 6.45) is 2.55. The van der Waals surface area contributed by atoms with Crippen molar-refractivity contribution in [2.75, 3.05) is 20.1 Å². The maximum absolute atomic E-state index is 11.1. The highest BCUT2D eigenvalue weighted by atomic mass is 16.5. The second-order valence-corrected chi connectivity index (χ2v) is 4.84. The molecular formula is C13H15N3O3. The fourth-order valence-corrected chi connectivity index (χ4v) is 2.37. The molecule has 1 aliphatic heterocycles. The number of ether oxygens (including phenoxy) is 1. The molecule has 6 heteroatoms. The number of rotatable bonds is 3. The average molecular weight is 261 g/mol. The summed E-state index contributed by atoms with van der Waals surface area (Å²) in [5.74, 6) is -0.508. The summed E-state index contributed by atoms with van der Waals surface area (Å²) in [5, 5.41) is 9.07.